The third kappa shape index (κ3) is 7.93. The molecular weight excluding hydrogens is 302 g/mol. The Kier molecular flexibility index (Phi) is 6.94. The number of alkyl carbamates (subject to hydrolysis) is 1. The van der Waals surface area contributed by atoms with E-state index in [-0.39, 0.29) is 6.04 Å². The molecule has 1 unspecified atom stereocenters. The van der Waals surface area contributed by atoms with E-state index in [1.807, 2.05) is 37.3 Å². The van der Waals surface area contributed by atoms with Crippen molar-refractivity contribution >= 4 is 6.09 Å². The fourth-order valence-corrected chi connectivity index (χ4v) is 2.03. The van der Waals surface area contributed by atoms with Crippen LogP contribution in [0.2, 0.25) is 0 Å². The van der Waals surface area contributed by atoms with Gasteiger partial charge in [0.1, 0.15) is 5.60 Å². The molecule has 1 aromatic carbocycles. The van der Waals surface area contributed by atoms with E-state index in [2.05, 4.69) is 10.6 Å². The second kappa shape index (κ2) is 8.24. The smallest absolute Gasteiger partial charge is 0.407 e. The Labute approximate surface area is 136 Å². The molecule has 130 valence electrons. The van der Waals surface area contributed by atoms with E-state index >= 15 is 0 Å². The number of amides is 1. The van der Waals surface area contributed by atoms with E-state index in [0.29, 0.717) is 6.42 Å². The largest absolute Gasteiger partial charge is 0.444 e. The Bertz CT molecular complexity index is 487. The van der Waals surface area contributed by atoms with Gasteiger partial charge in [0, 0.05) is 6.04 Å². The molecule has 23 heavy (non-hydrogen) atoms. The van der Waals surface area contributed by atoms with Crippen molar-refractivity contribution in [2.75, 3.05) is 13.1 Å². The molecule has 1 rings (SSSR count). The molecule has 0 saturated heterocycles. The first-order valence-corrected chi connectivity index (χ1v) is 7.76. The molecule has 2 N–H and O–H groups in total. The highest BCUT2D eigenvalue weighted by atomic mass is 19.3. The van der Waals surface area contributed by atoms with Gasteiger partial charge in [-0.1, -0.05) is 37.3 Å². The summed E-state index contributed by atoms with van der Waals surface area (Å²) < 4.78 is 32.7. The third-order valence-corrected chi connectivity index (χ3v) is 3.11. The topological polar surface area (TPSA) is 50.4 Å². The Balaban J connectivity index is 2.46. The number of rotatable bonds is 7. The van der Waals surface area contributed by atoms with Crippen LogP contribution in [-0.4, -0.2) is 30.7 Å². The number of nitrogens with one attached hydrogen (secondary N) is 2. The molecule has 1 amide bonds. The lowest BCUT2D eigenvalue weighted by molar-refractivity contribution is -0.00571. The molecule has 0 heterocycles. The number of alkyl halides is 2. The monoisotopic (exact) mass is 328 g/mol. The van der Waals surface area contributed by atoms with Crippen LogP contribution in [0.4, 0.5) is 13.6 Å². The van der Waals surface area contributed by atoms with Gasteiger partial charge in [-0.05, 0) is 32.8 Å². The molecule has 1 aromatic rings. The first-order valence-electron chi connectivity index (χ1n) is 7.76. The molecule has 0 aliphatic heterocycles. The molecule has 0 aliphatic carbocycles. The highest BCUT2D eigenvalue weighted by Gasteiger charge is 2.31. The normalized spacial score (nSPS) is 13.5. The maximum Gasteiger partial charge on any atom is 0.407 e. The maximum absolute atomic E-state index is 13.9. The van der Waals surface area contributed by atoms with Crippen molar-refractivity contribution in [3.63, 3.8) is 0 Å². The van der Waals surface area contributed by atoms with E-state index in [0.717, 1.165) is 5.56 Å². The van der Waals surface area contributed by atoms with Crippen LogP contribution in [0.5, 0.6) is 0 Å². The number of carbonyl (C=O) groups excluding carboxylic acids is 1. The van der Waals surface area contributed by atoms with E-state index in [1.54, 1.807) is 20.8 Å². The second-order valence-electron chi connectivity index (χ2n) is 6.46. The summed E-state index contributed by atoms with van der Waals surface area (Å²) in [7, 11) is 0. The summed E-state index contributed by atoms with van der Waals surface area (Å²) in [5.74, 6) is -3.06. The lowest BCUT2D eigenvalue weighted by Gasteiger charge is -2.24. The minimum Gasteiger partial charge on any atom is -0.444 e. The summed E-state index contributed by atoms with van der Waals surface area (Å²) in [5.41, 5.74) is 0.254. The van der Waals surface area contributed by atoms with Gasteiger partial charge in [-0.25, -0.2) is 13.6 Å². The summed E-state index contributed by atoms with van der Waals surface area (Å²) in [4.78, 5) is 11.4. The molecular formula is C17H26F2N2O2. The average molecular weight is 328 g/mol. The van der Waals surface area contributed by atoms with Gasteiger partial charge in [0.2, 0.25) is 0 Å². The zero-order valence-electron chi connectivity index (χ0n) is 14.2. The number of benzene rings is 1. The first-order chi connectivity index (χ1) is 10.6. The van der Waals surface area contributed by atoms with Crippen LogP contribution >= 0.6 is 0 Å². The summed E-state index contributed by atoms with van der Waals surface area (Å²) in [6, 6.07) is 9.29. The van der Waals surface area contributed by atoms with E-state index in [4.69, 9.17) is 4.74 Å². The number of hydrogen-bond donors (Lipinski definition) is 2. The van der Waals surface area contributed by atoms with Crippen LogP contribution in [0.15, 0.2) is 30.3 Å². The minimum atomic E-state index is -3.06. The van der Waals surface area contributed by atoms with Crippen molar-refractivity contribution < 1.29 is 18.3 Å². The van der Waals surface area contributed by atoms with Crippen molar-refractivity contribution in [3.05, 3.63) is 35.9 Å². The van der Waals surface area contributed by atoms with Crippen molar-refractivity contribution in [2.45, 2.75) is 51.7 Å². The molecule has 1 atom stereocenters. The van der Waals surface area contributed by atoms with Gasteiger partial charge in [-0.15, -0.1) is 0 Å². The van der Waals surface area contributed by atoms with Crippen LogP contribution in [0, 0.1) is 0 Å². The van der Waals surface area contributed by atoms with Crippen LogP contribution in [0.25, 0.3) is 0 Å². The number of hydrogen-bond acceptors (Lipinski definition) is 3. The SMILES string of the molecule is CCC(NCC(F)(F)CNC(=O)OC(C)(C)C)c1ccccc1. The highest BCUT2D eigenvalue weighted by molar-refractivity contribution is 5.67. The predicted octanol–water partition coefficient (Wildman–Crippen LogP) is 3.89. The standard InChI is InChI=1S/C17H26F2N2O2/c1-5-14(13-9-7-6-8-10-13)20-11-17(18,19)12-21-15(22)23-16(2,3)4/h6-10,14,20H,5,11-12H2,1-4H3,(H,21,22). The number of ether oxygens (including phenoxy) is 1. The Morgan fingerprint density at radius 2 is 1.78 bits per heavy atom. The predicted molar refractivity (Wildman–Crippen MR) is 86.7 cm³/mol. The maximum atomic E-state index is 13.9. The Morgan fingerprint density at radius 1 is 1.17 bits per heavy atom. The van der Waals surface area contributed by atoms with Gasteiger partial charge >= 0.3 is 6.09 Å². The second-order valence-corrected chi connectivity index (χ2v) is 6.46. The van der Waals surface area contributed by atoms with Crippen molar-refractivity contribution in [1.29, 1.82) is 0 Å². The minimum absolute atomic E-state index is 0.149. The summed E-state index contributed by atoms with van der Waals surface area (Å²) in [6.07, 6.45) is -0.146. The fraction of sp³-hybridized carbons (Fsp3) is 0.588. The van der Waals surface area contributed by atoms with Crippen LogP contribution in [-0.2, 0) is 4.74 Å². The third-order valence-electron chi connectivity index (χ3n) is 3.11. The molecule has 0 spiro atoms. The molecule has 6 heteroatoms. The highest BCUT2D eigenvalue weighted by Crippen LogP contribution is 2.19. The Hall–Kier alpha value is -1.69. The van der Waals surface area contributed by atoms with Gasteiger partial charge in [0.25, 0.3) is 5.92 Å². The molecule has 0 radical (unpaired) electrons. The van der Waals surface area contributed by atoms with Gasteiger partial charge in [-0.3, -0.25) is 0 Å². The molecule has 0 fully saturated rings. The number of carbonyl (C=O) groups is 1. The molecule has 0 aromatic heterocycles. The molecule has 4 nitrogen and oxygen atoms in total. The van der Waals surface area contributed by atoms with E-state index in [1.165, 1.54) is 0 Å². The summed E-state index contributed by atoms with van der Waals surface area (Å²) in [5, 5.41) is 4.97. The fourth-order valence-electron chi connectivity index (χ4n) is 2.03. The molecule has 0 bridgehead atoms. The average Bonchev–Trinajstić information content (AvgIpc) is 2.45. The molecule has 0 saturated carbocycles. The molecule has 0 aliphatic rings. The van der Waals surface area contributed by atoms with Crippen molar-refractivity contribution in [1.82, 2.24) is 10.6 Å². The Morgan fingerprint density at radius 3 is 2.30 bits per heavy atom. The summed E-state index contributed by atoms with van der Waals surface area (Å²) >= 11 is 0. The summed E-state index contributed by atoms with van der Waals surface area (Å²) in [6.45, 7) is 5.69. The zero-order valence-corrected chi connectivity index (χ0v) is 14.2. The number of halogens is 2. The van der Waals surface area contributed by atoms with E-state index in [9.17, 15) is 13.6 Å². The first kappa shape index (κ1) is 19.4. The van der Waals surface area contributed by atoms with Crippen LogP contribution < -0.4 is 10.6 Å². The van der Waals surface area contributed by atoms with Gasteiger partial charge in [0.15, 0.2) is 0 Å². The van der Waals surface area contributed by atoms with Crippen molar-refractivity contribution in [3.8, 4) is 0 Å². The van der Waals surface area contributed by atoms with Crippen molar-refractivity contribution in [2.24, 2.45) is 0 Å². The lowest BCUT2D eigenvalue weighted by atomic mass is 10.0. The van der Waals surface area contributed by atoms with Crippen LogP contribution in [0.3, 0.4) is 0 Å². The van der Waals surface area contributed by atoms with E-state index < -0.39 is 30.7 Å². The quantitative estimate of drug-likeness (QED) is 0.798. The van der Waals surface area contributed by atoms with Crippen LogP contribution in [0.1, 0.15) is 45.7 Å². The lowest BCUT2D eigenvalue weighted by Crippen LogP contribution is -2.45. The van der Waals surface area contributed by atoms with Gasteiger partial charge in [0.05, 0.1) is 13.1 Å². The zero-order chi connectivity index (χ0) is 17.5. The van der Waals surface area contributed by atoms with Gasteiger partial charge < -0.3 is 15.4 Å². The van der Waals surface area contributed by atoms with Gasteiger partial charge in [-0.2, -0.15) is 0 Å².